The zero-order valence-corrected chi connectivity index (χ0v) is 16.6. The summed E-state index contributed by atoms with van der Waals surface area (Å²) < 4.78 is 24.6. The summed E-state index contributed by atoms with van der Waals surface area (Å²) in [6, 6.07) is 10.0. The first-order valence-electron chi connectivity index (χ1n) is 8.67. The highest BCUT2D eigenvalue weighted by molar-refractivity contribution is 7.99. The molecule has 2 aromatic carbocycles. The number of thioether (sulfide) groups is 1. The Bertz CT molecular complexity index is 818. The van der Waals surface area contributed by atoms with Crippen molar-refractivity contribution in [1.82, 2.24) is 4.90 Å². The summed E-state index contributed by atoms with van der Waals surface area (Å²) in [7, 11) is 1.72. The highest BCUT2D eigenvalue weighted by Gasteiger charge is 2.16. The van der Waals surface area contributed by atoms with Gasteiger partial charge in [0.1, 0.15) is 5.82 Å². The summed E-state index contributed by atoms with van der Waals surface area (Å²) in [5.74, 6) is 1.91. The smallest absolute Gasteiger partial charge is 0.232 e. The van der Waals surface area contributed by atoms with E-state index in [-0.39, 0.29) is 11.7 Å². The molecule has 144 valence electrons. The van der Waals surface area contributed by atoms with Crippen molar-refractivity contribution in [3.8, 4) is 11.5 Å². The van der Waals surface area contributed by atoms with Gasteiger partial charge in [0.15, 0.2) is 11.5 Å². The Morgan fingerprint density at radius 2 is 2.04 bits per heavy atom. The van der Waals surface area contributed by atoms with Crippen molar-refractivity contribution in [2.75, 3.05) is 26.0 Å². The van der Waals surface area contributed by atoms with Crippen molar-refractivity contribution in [2.24, 2.45) is 0 Å². The maximum atomic E-state index is 13.2. The van der Waals surface area contributed by atoms with Crippen LogP contribution >= 0.6 is 23.4 Å². The molecule has 27 heavy (non-hydrogen) atoms. The lowest BCUT2D eigenvalue weighted by molar-refractivity contribution is -0.127. The minimum Gasteiger partial charge on any atom is -0.489 e. The van der Waals surface area contributed by atoms with E-state index in [1.165, 1.54) is 23.9 Å². The summed E-state index contributed by atoms with van der Waals surface area (Å²) >= 11 is 7.80. The summed E-state index contributed by atoms with van der Waals surface area (Å²) in [4.78, 5) is 13.9. The summed E-state index contributed by atoms with van der Waals surface area (Å²) in [6.45, 7) is 1.57. The molecule has 0 bridgehead atoms. The molecule has 1 heterocycles. The van der Waals surface area contributed by atoms with Gasteiger partial charge in [0.05, 0.1) is 24.0 Å². The first-order chi connectivity index (χ1) is 13.0. The molecule has 7 heteroatoms. The lowest BCUT2D eigenvalue weighted by Gasteiger charge is -2.17. The topological polar surface area (TPSA) is 38.8 Å². The predicted molar refractivity (Wildman–Crippen MR) is 106 cm³/mol. The van der Waals surface area contributed by atoms with Crippen LogP contribution in [-0.2, 0) is 17.1 Å². The van der Waals surface area contributed by atoms with Gasteiger partial charge in [-0.3, -0.25) is 4.79 Å². The van der Waals surface area contributed by atoms with Crippen LogP contribution in [0.1, 0.15) is 17.5 Å². The average Bonchev–Trinajstić information content (AvgIpc) is 2.87. The molecule has 0 N–H and O–H groups in total. The van der Waals surface area contributed by atoms with E-state index in [1.807, 2.05) is 12.1 Å². The number of amides is 1. The molecule has 2 aromatic rings. The number of benzene rings is 2. The third-order valence-electron chi connectivity index (χ3n) is 4.09. The van der Waals surface area contributed by atoms with Crippen LogP contribution in [-0.4, -0.2) is 36.8 Å². The van der Waals surface area contributed by atoms with E-state index < -0.39 is 0 Å². The summed E-state index contributed by atoms with van der Waals surface area (Å²) in [6.07, 6.45) is 0.821. The maximum absolute atomic E-state index is 13.2. The SMILES string of the molecule is CN(Cc1cccc(F)c1)C(=O)CSCc1cc(Cl)c2c(c1)OCCCO2. The zero-order valence-electron chi connectivity index (χ0n) is 15.0. The molecule has 1 aliphatic heterocycles. The van der Waals surface area contributed by atoms with Gasteiger partial charge in [0, 0.05) is 25.8 Å². The van der Waals surface area contributed by atoms with E-state index in [2.05, 4.69) is 0 Å². The van der Waals surface area contributed by atoms with Gasteiger partial charge in [-0.1, -0.05) is 23.7 Å². The maximum Gasteiger partial charge on any atom is 0.232 e. The molecule has 0 aromatic heterocycles. The van der Waals surface area contributed by atoms with E-state index in [4.69, 9.17) is 21.1 Å². The minimum absolute atomic E-state index is 0.00954. The highest BCUT2D eigenvalue weighted by atomic mass is 35.5. The molecule has 4 nitrogen and oxygen atoms in total. The molecule has 0 spiro atoms. The van der Waals surface area contributed by atoms with Crippen LogP contribution in [0.25, 0.3) is 0 Å². The fraction of sp³-hybridized carbons (Fsp3) is 0.350. The summed E-state index contributed by atoms with van der Waals surface area (Å²) in [5, 5.41) is 0.527. The molecule has 0 unspecified atom stereocenters. The molecule has 0 atom stereocenters. The number of carbonyl (C=O) groups is 1. The van der Waals surface area contributed by atoms with Crippen LogP contribution in [0.2, 0.25) is 5.02 Å². The van der Waals surface area contributed by atoms with Gasteiger partial charge in [-0.15, -0.1) is 11.8 Å². The van der Waals surface area contributed by atoms with Crippen molar-refractivity contribution in [2.45, 2.75) is 18.7 Å². The lowest BCUT2D eigenvalue weighted by Crippen LogP contribution is -2.27. The number of carbonyl (C=O) groups excluding carboxylic acids is 1. The monoisotopic (exact) mass is 409 g/mol. The van der Waals surface area contributed by atoms with Gasteiger partial charge < -0.3 is 14.4 Å². The van der Waals surface area contributed by atoms with Crippen LogP contribution in [0.15, 0.2) is 36.4 Å². The molecule has 1 amide bonds. The van der Waals surface area contributed by atoms with Crippen molar-refractivity contribution in [1.29, 1.82) is 0 Å². The molecule has 0 fully saturated rings. The average molecular weight is 410 g/mol. The third-order valence-corrected chi connectivity index (χ3v) is 5.36. The van der Waals surface area contributed by atoms with Gasteiger partial charge in [-0.2, -0.15) is 0 Å². The van der Waals surface area contributed by atoms with Gasteiger partial charge in [0.2, 0.25) is 5.91 Å². The number of ether oxygens (including phenoxy) is 2. The fourth-order valence-electron chi connectivity index (χ4n) is 2.73. The Hall–Kier alpha value is -1.92. The normalized spacial score (nSPS) is 13.1. The molecule has 0 aliphatic carbocycles. The number of fused-ring (bicyclic) bond motifs is 1. The zero-order chi connectivity index (χ0) is 19.2. The Kier molecular flexibility index (Phi) is 6.85. The molecule has 0 radical (unpaired) electrons. The number of rotatable bonds is 6. The van der Waals surface area contributed by atoms with Crippen molar-refractivity contribution in [3.05, 3.63) is 58.4 Å². The Balaban J connectivity index is 1.52. The molecule has 0 saturated carbocycles. The Labute approximate surface area is 167 Å². The second-order valence-corrected chi connectivity index (χ2v) is 7.72. The number of hydrogen-bond acceptors (Lipinski definition) is 4. The first kappa shape index (κ1) is 19.8. The van der Waals surface area contributed by atoms with Crippen LogP contribution in [0.5, 0.6) is 11.5 Å². The second kappa shape index (κ2) is 9.33. The van der Waals surface area contributed by atoms with Crippen LogP contribution in [0.3, 0.4) is 0 Å². The third kappa shape index (κ3) is 5.53. The van der Waals surface area contributed by atoms with Gasteiger partial charge >= 0.3 is 0 Å². The van der Waals surface area contributed by atoms with Crippen molar-refractivity contribution < 1.29 is 18.7 Å². The quantitative estimate of drug-likeness (QED) is 0.702. The van der Waals surface area contributed by atoms with Gasteiger partial charge in [0.25, 0.3) is 0 Å². The first-order valence-corrected chi connectivity index (χ1v) is 10.2. The van der Waals surface area contributed by atoms with Crippen LogP contribution < -0.4 is 9.47 Å². The number of hydrogen-bond donors (Lipinski definition) is 0. The molecule has 1 aliphatic rings. The highest BCUT2D eigenvalue weighted by Crippen LogP contribution is 2.38. The van der Waals surface area contributed by atoms with Crippen molar-refractivity contribution in [3.63, 3.8) is 0 Å². The van der Waals surface area contributed by atoms with Crippen LogP contribution in [0, 0.1) is 5.82 Å². The largest absolute Gasteiger partial charge is 0.489 e. The van der Waals surface area contributed by atoms with Gasteiger partial charge in [-0.25, -0.2) is 4.39 Å². The predicted octanol–water partition coefficient (Wildman–Crippen LogP) is 4.53. The van der Waals surface area contributed by atoms with Gasteiger partial charge in [-0.05, 0) is 35.4 Å². The number of nitrogens with zero attached hydrogens (tertiary/aromatic N) is 1. The molecular formula is C20H21ClFNO3S. The lowest BCUT2D eigenvalue weighted by atomic mass is 10.2. The minimum atomic E-state index is -0.297. The fourth-order valence-corrected chi connectivity index (χ4v) is 3.92. The second-order valence-electron chi connectivity index (χ2n) is 6.33. The molecule has 3 rings (SSSR count). The molecule has 0 saturated heterocycles. The Morgan fingerprint density at radius 3 is 2.85 bits per heavy atom. The van der Waals surface area contributed by atoms with E-state index in [9.17, 15) is 9.18 Å². The Morgan fingerprint density at radius 1 is 1.22 bits per heavy atom. The molecular weight excluding hydrogens is 389 g/mol. The summed E-state index contributed by atoms with van der Waals surface area (Å²) in [5.41, 5.74) is 1.75. The standard InChI is InChI=1S/C20H21ClFNO3S/c1-23(11-14-4-2-5-16(22)8-14)19(24)13-27-12-15-9-17(21)20-18(10-15)25-6-3-7-26-20/h2,4-5,8-10H,3,6-7,11-13H2,1H3. The van der Waals surface area contributed by atoms with E-state index in [0.717, 1.165) is 17.5 Å². The van der Waals surface area contributed by atoms with Crippen LogP contribution in [0.4, 0.5) is 4.39 Å². The van der Waals surface area contributed by atoms with Crippen molar-refractivity contribution >= 4 is 29.3 Å². The van der Waals surface area contributed by atoms with E-state index >= 15 is 0 Å². The number of halogens is 2. The van der Waals surface area contributed by atoms with E-state index in [1.54, 1.807) is 24.1 Å². The van der Waals surface area contributed by atoms with E-state index in [0.29, 0.717) is 47.8 Å².